The van der Waals surface area contributed by atoms with Gasteiger partial charge in [-0.1, -0.05) is 189 Å². The lowest BCUT2D eigenvalue weighted by Gasteiger charge is -2.30. The number of benzene rings is 10. The first-order valence-electron chi connectivity index (χ1n) is 24.6. The highest BCUT2D eigenvalue weighted by atomic mass is 16.3. The van der Waals surface area contributed by atoms with E-state index in [4.69, 9.17) is 8.83 Å². The van der Waals surface area contributed by atoms with Gasteiger partial charge >= 0.3 is 0 Å². The summed E-state index contributed by atoms with van der Waals surface area (Å²) >= 11 is 0. The summed E-state index contributed by atoms with van der Waals surface area (Å²) in [5, 5.41) is 12.3. The Morgan fingerprint density at radius 1 is 0.324 bits per heavy atom. The van der Waals surface area contributed by atoms with E-state index < -0.39 is 0 Å². The molecule has 3 heteroatoms. The van der Waals surface area contributed by atoms with Crippen molar-refractivity contribution in [1.82, 2.24) is 0 Å². The van der Waals surface area contributed by atoms with E-state index in [0.29, 0.717) is 11.8 Å². The summed E-state index contributed by atoms with van der Waals surface area (Å²) in [5.74, 6) is 1.27. The number of furan rings is 2. The lowest BCUT2D eigenvalue weighted by atomic mass is 9.77. The first-order valence-corrected chi connectivity index (χ1v) is 24.6. The molecule has 12 aromatic rings. The van der Waals surface area contributed by atoms with Crippen molar-refractivity contribution >= 4 is 93.3 Å². The van der Waals surface area contributed by atoms with Crippen LogP contribution in [0.2, 0.25) is 0 Å². The molecule has 12 rings (SSSR count). The quantitative estimate of drug-likeness (QED) is 0.101. The maximum absolute atomic E-state index is 6.90. The number of nitrogens with zero attached hydrogens (tertiary/aromatic N) is 1. The third kappa shape index (κ3) is 6.54. The minimum atomic E-state index is -0.103. The third-order valence-electron chi connectivity index (χ3n) is 14.9. The van der Waals surface area contributed by atoms with Gasteiger partial charge in [-0.15, -0.1) is 0 Å². The Morgan fingerprint density at radius 3 is 1.40 bits per heavy atom. The summed E-state index contributed by atoms with van der Waals surface area (Å²) in [6, 6.07) is 63.5. The fraction of sp³-hybridized carbons (Fsp3) is 0.200. The van der Waals surface area contributed by atoms with E-state index in [-0.39, 0.29) is 17.8 Å². The zero-order valence-electron chi connectivity index (χ0n) is 40.3. The van der Waals surface area contributed by atoms with Crippen LogP contribution in [0.4, 0.5) is 17.1 Å². The Morgan fingerprint density at radius 2 is 0.794 bits per heavy atom. The van der Waals surface area contributed by atoms with Gasteiger partial charge in [-0.3, -0.25) is 0 Å². The summed E-state index contributed by atoms with van der Waals surface area (Å²) in [6.45, 7) is 18.5. The molecule has 0 aliphatic heterocycles. The van der Waals surface area contributed by atoms with Gasteiger partial charge in [0.2, 0.25) is 0 Å². The van der Waals surface area contributed by atoms with Crippen molar-refractivity contribution < 1.29 is 8.83 Å². The highest BCUT2D eigenvalue weighted by Crippen LogP contribution is 2.52. The molecule has 0 aliphatic rings. The van der Waals surface area contributed by atoms with E-state index in [1.54, 1.807) is 0 Å². The zero-order chi connectivity index (χ0) is 46.5. The Hall–Kier alpha value is -7.36. The van der Waals surface area contributed by atoms with Crippen molar-refractivity contribution in [3.05, 3.63) is 209 Å². The lowest BCUT2D eigenvalue weighted by molar-refractivity contribution is 0.661. The maximum Gasteiger partial charge on any atom is 0.159 e. The number of fused-ring (bicyclic) bond motifs is 6. The van der Waals surface area contributed by atoms with Crippen LogP contribution in [0.1, 0.15) is 124 Å². The van der Waals surface area contributed by atoms with Gasteiger partial charge in [0.15, 0.2) is 5.58 Å². The van der Waals surface area contributed by atoms with Crippen LogP contribution in [0.15, 0.2) is 179 Å². The first kappa shape index (κ1) is 42.0. The van der Waals surface area contributed by atoms with Crippen LogP contribution in [0, 0.1) is 0 Å². The fourth-order valence-corrected chi connectivity index (χ4v) is 11.4. The molecule has 1 atom stereocenters. The second kappa shape index (κ2) is 16.2. The Bertz CT molecular complexity index is 3610. The van der Waals surface area contributed by atoms with Gasteiger partial charge in [0, 0.05) is 44.1 Å². The van der Waals surface area contributed by atoms with Gasteiger partial charge in [0.1, 0.15) is 16.7 Å². The number of hydrogen-bond donors (Lipinski definition) is 0. The van der Waals surface area contributed by atoms with E-state index in [1.165, 1.54) is 71.3 Å². The molecule has 0 fully saturated rings. The standard InChI is InChI=1S/C65H57NO2/c1-37(2)41-23-25-43(26-24-41)61(53-19-13-17-50-45-15-9-11-21-59(45)67-64(50)53)56-35-54(39(5)6)47-33-34-52-58(36-55(40(7)8)48-31-32-49(56)62(47)63(48)52)66(44-29-27-42(28-30-44)38(3)4)57-20-14-18-51-46-16-10-12-22-60(46)68-65(51)57/h9-40,61H,1-8H3. The van der Waals surface area contributed by atoms with Crippen LogP contribution in [-0.4, -0.2) is 0 Å². The number of anilines is 3. The molecule has 1 unspecified atom stereocenters. The summed E-state index contributed by atoms with van der Waals surface area (Å²) in [7, 11) is 0. The molecule has 3 nitrogen and oxygen atoms in total. The summed E-state index contributed by atoms with van der Waals surface area (Å²) in [4.78, 5) is 2.47. The second-order valence-electron chi connectivity index (χ2n) is 20.3. The molecule has 0 spiro atoms. The number of hydrogen-bond acceptors (Lipinski definition) is 3. The van der Waals surface area contributed by atoms with E-state index in [2.05, 4.69) is 230 Å². The molecule has 0 N–H and O–H groups in total. The van der Waals surface area contributed by atoms with Gasteiger partial charge in [0.05, 0.1) is 11.4 Å². The van der Waals surface area contributed by atoms with Crippen LogP contribution >= 0.6 is 0 Å². The normalized spacial score (nSPS) is 12.9. The van der Waals surface area contributed by atoms with Crippen molar-refractivity contribution in [2.24, 2.45) is 0 Å². The molecule has 0 radical (unpaired) electrons. The first-order chi connectivity index (χ1) is 33.0. The Kier molecular flexibility index (Phi) is 9.99. The Labute approximate surface area is 399 Å². The van der Waals surface area contributed by atoms with E-state index in [0.717, 1.165) is 60.9 Å². The largest absolute Gasteiger partial charge is 0.456 e. The molecule has 68 heavy (non-hydrogen) atoms. The van der Waals surface area contributed by atoms with Crippen molar-refractivity contribution in [2.45, 2.75) is 85.0 Å². The number of para-hydroxylation sites is 4. The molecular weight excluding hydrogens is 827 g/mol. The summed E-state index contributed by atoms with van der Waals surface area (Å²) in [5.41, 5.74) is 16.0. The predicted molar refractivity (Wildman–Crippen MR) is 290 cm³/mol. The maximum atomic E-state index is 6.90. The van der Waals surface area contributed by atoms with Crippen LogP contribution < -0.4 is 4.90 Å². The topological polar surface area (TPSA) is 29.5 Å². The van der Waals surface area contributed by atoms with E-state index >= 15 is 0 Å². The Balaban J connectivity index is 1.20. The SMILES string of the molecule is CC(C)c1ccc(C(c2cc(C(C)C)c3ccc4c(N(c5ccc(C(C)C)cc5)c5cccc6c5oc5ccccc56)cc(C(C)C)c5ccc2c3c54)c2cccc3c2oc2ccccc23)cc1. The van der Waals surface area contributed by atoms with Gasteiger partial charge in [0.25, 0.3) is 0 Å². The zero-order valence-corrected chi connectivity index (χ0v) is 40.3. The molecule has 0 saturated carbocycles. The molecule has 2 aromatic heterocycles. The van der Waals surface area contributed by atoms with Crippen molar-refractivity contribution in [3.8, 4) is 0 Å². The van der Waals surface area contributed by atoms with Gasteiger partial charge in [-0.25, -0.2) is 0 Å². The molecule has 0 aliphatic carbocycles. The summed E-state index contributed by atoms with van der Waals surface area (Å²) < 4.78 is 13.8. The molecule has 10 aromatic carbocycles. The molecule has 0 saturated heterocycles. The minimum Gasteiger partial charge on any atom is -0.456 e. The van der Waals surface area contributed by atoms with Crippen molar-refractivity contribution in [3.63, 3.8) is 0 Å². The monoisotopic (exact) mass is 883 g/mol. The van der Waals surface area contributed by atoms with Gasteiger partial charge in [-0.2, -0.15) is 0 Å². The molecule has 334 valence electrons. The van der Waals surface area contributed by atoms with Crippen LogP contribution in [0.3, 0.4) is 0 Å². The average molecular weight is 884 g/mol. The fourth-order valence-electron chi connectivity index (χ4n) is 11.4. The van der Waals surface area contributed by atoms with Crippen LogP contribution in [-0.2, 0) is 0 Å². The average Bonchev–Trinajstić information content (AvgIpc) is 3.93. The highest BCUT2D eigenvalue weighted by molar-refractivity contribution is 6.28. The minimum absolute atomic E-state index is 0.103. The molecular formula is C65H57NO2. The second-order valence-corrected chi connectivity index (χ2v) is 20.3. The predicted octanol–water partition coefficient (Wildman–Crippen LogP) is 19.5. The molecule has 0 bridgehead atoms. The van der Waals surface area contributed by atoms with Crippen LogP contribution in [0.25, 0.3) is 76.2 Å². The lowest BCUT2D eigenvalue weighted by Crippen LogP contribution is -2.12. The summed E-state index contributed by atoms with van der Waals surface area (Å²) in [6.07, 6.45) is 0. The van der Waals surface area contributed by atoms with Crippen molar-refractivity contribution in [2.75, 3.05) is 4.90 Å². The van der Waals surface area contributed by atoms with E-state index in [9.17, 15) is 0 Å². The van der Waals surface area contributed by atoms with Gasteiger partial charge < -0.3 is 13.7 Å². The van der Waals surface area contributed by atoms with E-state index in [1.807, 2.05) is 0 Å². The smallest absolute Gasteiger partial charge is 0.159 e. The van der Waals surface area contributed by atoms with Gasteiger partial charge in [-0.05, 0) is 120 Å². The van der Waals surface area contributed by atoms with Crippen molar-refractivity contribution in [1.29, 1.82) is 0 Å². The third-order valence-corrected chi connectivity index (χ3v) is 14.9. The van der Waals surface area contributed by atoms with Crippen LogP contribution in [0.5, 0.6) is 0 Å². The molecule has 2 heterocycles. The molecule has 0 amide bonds. The number of rotatable bonds is 10. The highest BCUT2D eigenvalue weighted by Gasteiger charge is 2.30.